The Hall–Kier alpha value is -0.630. The van der Waals surface area contributed by atoms with E-state index in [9.17, 15) is 8.42 Å². The molecule has 0 atom stereocenters. The molecule has 0 spiro atoms. The highest BCUT2D eigenvalue weighted by atomic mass is 32.2. The second kappa shape index (κ2) is 5.56. The summed E-state index contributed by atoms with van der Waals surface area (Å²) in [5, 5.41) is 0. The van der Waals surface area contributed by atoms with Crippen LogP contribution in [0.2, 0.25) is 0 Å². The van der Waals surface area contributed by atoms with Gasteiger partial charge in [-0.3, -0.25) is 4.55 Å². The van der Waals surface area contributed by atoms with Crippen LogP contribution in [0.4, 0.5) is 0 Å². The van der Waals surface area contributed by atoms with Crippen molar-refractivity contribution >= 4 is 43.4 Å². The molecule has 0 radical (unpaired) electrons. The van der Waals surface area contributed by atoms with Crippen LogP contribution >= 0.6 is 23.1 Å². The summed E-state index contributed by atoms with van der Waals surface area (Å²) < 4.78 is 34.3. The number of thioether (sulfide) groups is 1. The fraction of sp³-hybridized carbons (Fsp3) is 0.364. The van der Waals surface area contributed by atoms with Gasteiger partial charge in [-0.15, -0.1) is 0 Å². The number of thiazole rings is 1. The Morgan fingerprint density at radius 2 is 2.11 bits per heavy atom. The molecule has 0 fully saturated rings. The fourth-order valence-corrected chi connectivity index (χ4v) is 4.69. The number of para-hydroxylation sites is 1. The maximum absolute atomic E-state index is 10.6. The zero-order valence-corrected chi connectivity index (χ0v) is 12.3. The largest absolute Gasteiger partial charge is 0.298 e. The molecule has 7 heteroatoms. The van der Waals surface area contributed by atoms with Crippen molar-refractivity contribution in [3.63, 3.8) is 0 Å². The van der Waals surface area contributed by atoms with Crippen molar-refractivity contribution in [2.75, 3.05) is 11.5 Å². The van der Waals surface area contributed by atoms with E-state index in [1.807, 2.05) is 19.2 Å². The molecule has 0 bridgehead atoms. The highest BCUT2D eigenvalue weighted by Gasteiger charge is 2.16. The molecule has 0 saturated carbocycles. The lowest BCUT2D eigenvalue weighted by Gasteiger charge is -1.95. The van der Waals surface area contributed by atoms with Crippen LogP contribution in [-0.2, 0) is 17.2 Å². The summed E-state index contributed by atoms with van der Waals surface area (Å²) in [5.41, 5.74) is 1.18. The molecular formula is C11H14NO3S3+. The van der Waals surface area contributed by atoms with E-state index >= 15 is 0 Å². The summed E-state index contributed by atoms with van der Waals surface area (Å²) in [7, 11) is -1.83. The summed E-state index contributed by atoms with van der Waals surface area (Å²) in [4.78, 5) is 0. The predicted octanol–water partition coefficient (Wildman–Crippen LogP) is 2.10. The number of benzene rings is 1. The molecule has 0 amide bonds. The Labute approximate surface area is 114 Å². The van der Waals surface area contributed by atoms with Gasteiger partial charge >= 0.3 is 0 Å². The van der Waals surface area contributed by atoms with Crippen molar-refractivity contribution in [1.29, 1.82) is 0 Å². The second-order valence-corrected chi connectivity index (χ2v) is 7.83. The van der Waals surface area contributed by atoms with Crippen molar-refractivity contribution in [3.8, 4) is 0 Å². The Morgan fingerprint density at radius 1 is 1.39 bits per heavy atom. The molecule has 18 heavy (non-hydrogen) atoms. The van der Waals surface area contributed by atoms with E-state index in [0.29, 0.717) is 12.2 Å². The van der Waals surface area contributed by atoms with Crippen LogP contribution in [0.5, 0.6) is 0 Å². The molecule has 1 aromatic carbocycles. The number of rotatable bonds is 5. The third-order valence-corrected chi connectivity index (χ3v) is 5.91. The molecule has 1 aromatic heterocycles. The number of aryl methyl sites for hydroxylation is 1. The molecule has 0 aliphatic carbocycles. The van der Waals surface area contributed by atoms with Gasteiger partial charge in [0.2, 0.25) is 5.52 Å². The van der Waals surface area contributed by atoms with E-state index in [1.165, 1.54) is 10.2 Å². The average molecular weight is 304 g/mol. The van der Waals surface area contributed by atoms with Crippen molar-refractivity contribution in [1.82, 2.24) is 0 Å². The van der Waals surface area contributed by atoms with Crippen LogP contribution in [0.25, 0.3) is 10.2 Å². The molecule has 2 aromatic rings. The zero-order chi connectivity index (χ0) is 13.2. The first-order valence-corrected chi connectivity index (χ1v) is 8.84. The smallest absolute Gasteiger partial charge is 0.286 e. The van der Waals surface area contributed by atoms with Crippen LogP contribution < -0.4 is 4.57 Å². The van der Waals surface area contributed by atoms with Gasteiger partial charge in [-0.2, -0.15) is 13.0 Å². The molecule has 1 N–H and O–H groups in total. The van der Waals surface area contributed by atoms with Crippen molar-refractivity contribution in [2.24, 2.45) is 7.05 Å². The second-order valence-electron chi connectivity index (χ2n) is 3.88. The lowest BCUT2D eigenvalue weighted by atomic mass is 10.3. The Kier molecular flexibility index (Phi) is 4.26. The molecule has 98 valence electrons. The van der Waals surface area contributed by atoms with Gasteiger partial charge in [0.05, 0.1) is 5.75 Å². The number of hydrogen-bond acceptors (Lipinski definition) is 4. The maximum Gasteiger partial charge on any atom is 0.298 e. The van der Waals surface area contributed by atoms with E-state index in [4.69, 9.17) is 4.55 Å². The quantitative estimate of drug-likeness (QED) is 0.398. The lowest BCUT2D eigenvalue weighted by Crippen LogP contribution is -2.28. The molecule has 4 nitrogen and oxygen atoms in total. The molecule has 0 saturated heterocycles. The molecule has 0 aliphatic rings. The highest BCUT2D eigenvalue weighted by molar-refractivity contribution is 8.01. The van der Waals surface area contributed by atoms with Gasteiger partial charge in [-0.1, -0.05) is 23.5 Å². The molecule has 0 aliphatic heterocycles. The van der Waals surface area contributed by atoms with Gasteiger partial charge in [0.25, 0.3) is 14.5 Å². The van der Waals surface area contributed by atoms with Gasteiger partial charge in [0.15, 0.2) is 0 Å². The zero-order valence-electron chi connectivity index (χ0n) is 9.87. The monoisotopic (exact) mass is 304 g/mol. The van der Waals surface area contributed by atoms with Crippen LogP contribution in [0.15, 0.2) is 28.6 Å². The Balaban J connectivity index is 2.02. The third-order valence-electron chi connectivity index (χ3n) is 2.47. The molecule has 0 unspecified atom stereocenters. The highest BCUT2D eigenvalue weighted by Crippen LogP contribution is 2.27. The number of hydrogen-bond donors (Lipinski definition) is 1. The first-order valence-electron chi connectivity index (χ1n) is 5.43. The first-order chi connectivity index (χ1) is 8.47. The fourth-order valence-electron chi connectivity index (χ4n) is 1.61. The summed E-state index contributed by atoms with van der Waals surface area (Å²) in [6, 6.07) is 8.14. The Morgan fingerprint density at radius 3 is 2.78 bits per heavy atom. The van der Waals surface area contributed by atoms with Crippen molar-refractivity contribution in [3.05, 3.63) is 24.3 Å². The average Bonchev–Trinajstić information content (AvgIpc) is 2.62. The predicted molar refractivity (Wildman–Crippen MR) is 74.8 cm³/mol. The third kappa shape index (κ3) is 3.44. The topological polar surface area (TPSA) is 58.2 Å². The van der Waals surface area contributed by atoms with Crippen LogP contribution in [0.1, 0.15) is 6.42 Å². The summed E-state index contributed by atoms with van der Waals surface area (Å²) in [5.74, 6) is 0.509. The normalized spacial score (nSPS) is 12.1. The van der Waals surface area contributed by atoms with Gasteiger partial charge in [0.1, 0.15) is 11.7 Å². The number of aromatic nitrogens is 1. The van der Waals surface area contributed by atoms with Crippen LogP contribution in [0, 0.1) is 0 Å². The standard InChI is InChI=1S/C11H13NO3S3/c1-12-9-5-2-3-6-10(9)17-11(12)16-7-4-8-18(13,14)15/h2-3,5-6H,4,7-8H2,1H3/p+1. The van der Waals surface area contributed by atoms with E-state index in [1.54, 1.807) is 23.1 Å². The van der Waals surface area contributed by atoms with Gasteiger partial charge in [0, 0.05) is 11.8 Å². The van der Waals surface area contributed by atoms with Crippen molar-refractivity contribution in [2.45, 2.75) is 10.8 Å². The molecule has 1 heterocycles. The van der Waals surface area contributed by atoms with Crippen molar-refractivity contribution < 1.29 is 17.5 Å². The minimum atomic E-state index is -3.83. The maximum atomic E-state index is 10.6. The summed E-state index contributed by atoms with van der Waals surface area (Å²) >= 11 is 3.32. The van der Waals surface area contributed by atoms with Gasteiger partial charge < -0.3 is 0 Å². The number of fused-ring (bicyclic) bond motifs is 1. The number of nitrogens with zero attached hydrogens (tertiary/aromatic N) is 1. The lowest BCUT2D eigenvalue weighted by molar-refractivity contribution is -0.676. The summed E-state index contributed by atoms with van der Waals surface area (Å²) in [6.07, 6.45) is 0.456. The SMILES string of the molecule is C[n+]1c(SCCCS(=O)(=O)O)sc2ccccc21. The summed E-state index contributed by atoms with van der Waals surface area (Å²) in [6.45, 7) is 0. The van der Waals surface area contributed by atoms with E-state index in [-0.39, 0.29) is 5.75 Å². The first kappa shape index (κ1) is 13.8. The van der Waals surface area contributed by atoms with Crippen LogP contribution in [0.3, 0.4) is 0 Å². The van der Waals surface area contributed by atoms with Crippen LogP contribution in [-0.4, -0.2) is 24.5 Å². The molecule has 2 rings (SSSR count). The van der Waals surface area contributed by atoms with Gasteiger partial charge in [-0.25, -0.2) is 0 Å². The van der Waals surface area contributed by atoms with E-state index < -0.39 is 10.1 Å². The van der Waals surface area contributed by atoms with E-state index in [0.717, 1.165) is 4.34 Å². The van der Waals surface area contributed by atoms with Gasteiger partial charge in [-0.05, 0) is 24.2 Å². The minimum Gasteiger partial charge on any atom is -0.286 e. The van der Waals surface area contributed by atoms with E-state index in [2.05, 4.69) is 16.7 Å². The minimum absolute atomic E-state index is 0.172. The Bertz CT molecular complexity index is 649. The molecular weight excluding hydrogens is 290 g/mol.